The summed E-state index contributed by atoms with van der Waals surface area (Å²) in [5, 5.41) is 8.66. The fourth-order valence-corrected chi connectivity index (χ4v) is 1.67. The van der Waals surface area contributed by atoms with E-state index >= 15 is 0 Å². The molecule has 0 bridgehead atoms. The van der Waals surface area contributed by atoms with Gasteiger partial charge in [-0.25, -0.2) is 14.8 Å². The number of aromatic nitrogens is 2. The Morgan fingerprint density at radius 2 is 2.20 bits per heavy atom. The minimum atomic E-state index is -1.11. The molecule has 20 heavy (non-hydrogen) atoms. The van der Waals surface area contributed by atoms with E-state index in [0.717, 1.165) is 32.1 Å². The minimum absolute atomic E-state index is 0. The summed E-state index contributed by atoms with van der Waals surface area (Å²) < 4.78 is 16.2. The van der Waals surface area contributed by atoms with E-state index in [0.29, 0.717) is 13.2 Å². The molecule has 7 nitrogen and oxygen atoms in total. The first kappa shape index (κ1) is 17.3. The molecule has 0 spiro atoms. The number of aromatic carboxylic acids is 1. The summed E-state index contributed by atoms with van der Waals surface area (Å²) in [6.45, 7) is 1.46. The van der Waals surface area contributed by atoms with Crippen molar-refractivity contribution in [3.8, 4) is 5.88 Å². The zero-order valence-corrected chi connectivity index (χ0v) is 13.4. The first-order valence-electron chi connectivity index (χ1n) is 6.17. The van der Waals surface area contributed by atoms with Gasteiger partial charge in [0.1, 0.15) is 6.61 Å². The molecule has 1 aliphatic heterocycles. The van der Waals surface area contributed by atoms with Gasteiger partial charge >= 0.3 is 5.97 Å². The molecule has 0 aromatic carbocycles. The first-order valence-corrected chi connectivity index (χ1v) is 6.17. The van der Waals surface area contributed by atoms with Crippen LogP contribution in [0.3, 0.4) is 0 Å². The second kappa shape index (κ2) is 9.25. The summed E-state index contributed by atoms with van der Waals surface area (Å²) in [4.78, 5) is 18.1. The third-order valence-electron chi connectivity index (χ3n) is 2.62. The van der Waals surface area contributed by atoms with Gasteiger partial charge in [-0.1, -0.05) is 0 Å². The molecule has 0 amide bonds. The molecule has 105 valence electrons. The number of carboxylic acids is 1. The molecular formula is C12H16N2NaO5. The monoisotopic (exact) mass is 291 g/mol. The summed E-state index contributed by atoms with van der Waals surface area (Å²) >= 11 is 0. The Balaban J connectivity index is 0.00000200. The van der Waals surface area contributed by atoms with E-state index in [2.05, 4.69) is 9.97 Å². The number of carboxylic acid groups (broad SMARTS) is 1. The van der Waals surface area contributed by atoms with E-state index in [1.807, 2.05) is 0 Å². The molecule has 1 aliphatic rings. The van der Waals surface area contributed by atoms with Crippen molar-refractivity contribution in [2.75, 3.05) is 19.8 Å². The average Bonchev–Trinajstić information content (AvgIpc) is 2.45. The summed E-state index contributed by atoms with van der Waals surface area (Å²) in [7, 11) is 0. The van der Waals surface area contributed by atoms with Crippen molar-refractivity contribution >= 4 is 35.5 Å². The zero-order chi connectivity index (χ0) is 13.5. The van der Waals surface area contributed by atoms with Crippen LogP contribution in [-0.4, -0.2) is 76.7 Å². The van der Waals surface area contributed by atoms with Crippen LogP contribution in [0.4, 0.5) is 0 Å². The Morgan fingerprint density at radius 1 is 1.35 bits per heavy atom. The number of hydrogen-bond acceptors (Lipinski definition) is 6. The van der Waals surface area contributed by atoms with E-state index in [1.165, 1.54) is 6.20 Å². The van der Waals surface area contributed by atoms with Crippen molar-refractivity contribution < 1.29 is 24.1 Å². The van der Waals surface area contributed by atoms with E-state index < -0.39 is 5.97 Å². The number of ether oxygens (including phenoxy) is 3. The van der Waals surface area contributed by atoms with Crippen LogP contribution in [0.25, 0.3) is 0 Å². The fraction of sp³-hybridized carbons (Fsp3) is 0.583. The average molecular weight is 291 g/mol. The maximum Gasteiger partial charge on any atom is 0.356 e. The maximum absolute atomic E-state index is 10.6. The molecule has 1 fully saturated rings. The van der Waals surface area contributed by atoms with Crippen LogP contribution in [0.5, 0.6) is 5.88 Å². The molecule has 2 heterocycles. The van der Waals surface area contributed by atoms with Crippen molar-refractivity contribution in [2.45, 2.75) is 25.6 Å². The van der Waals surface area contributed by atoms with Gasteiger partial charge in [0.25, 0.3) is 0 Å². The standard InChI is InChI=1S/C12H16N2O5.Na/c15-12(16)9-7-14-10(8-13-9)17-5-6-19-11-3-1-2-4-18-11;/h7-8,11H,1-6H2,(H,15,16);. The molecule has 1 aromatic heterocycles. The van der Waals surface area contributed by atoms with E-state index in [-0.39, 0.29) is 47.4 Å². The summed E-state index contributed by atoms with van der Waals surface area (Å²) in [5.74, 6) is -0.838. The molecule has 1 N–H and O–H groups in total. The van der Waals surface area contributed by atoms with Crippen molar-refractivity contribution in [1.82, 2.24) is 9.97 Å². The van der Waals surface area contributed by atoms with Crippen LogP contribution < -0.4 is 4.74 Å². The minimum Gasteiger partial charge on any atom is -0.476 e. The Hall–Kier alpha value is -0.730. The number of nitrogens with zero attached hydrogens (tertiary/aromatic N) is 2. The molecule has 1 aromatic rings. The molecule has 1 atom stereocenters. The van der Waals surface area contributed by atoms with Gasteiger partial charge in [-0.3, -0.25) is 0 Å². The molecule has 2 rings (SSSR count). The van der Waals surface area contributed by atoms with Gasteiger partial charge in [-0.05, 0) is 19.3 Å². The third-order valence-corrected chi connectivity index (χ3v) is 2.62. The number of carbonyl (C=O) groups is 1. The predicted molar refractivity (Wildman–Crippen MR) is 69.8 cm³/mol. The van der Waals surface area contributed by atoms with Gasteiger partial charge in [0.2, 0.25) is 5.88 Å². The number of rotatable bonds is 6. The Labute approximate surface area is 138 Å². The van der Waals surface area contributed by atoms with Crippen LogP contribution in [-0.2, 0) is 9.47 Å². The van der Waals surface area contributed by atoms with Crippen LogP contribution in [0.1, 0.15) is 29.8 Å². The first-order chi connectivity index (χ1) is 9.25. The van der Waals surface area contributed by atoms with Crippen molar-refractivity contribution in [1.29, 1.82) is 0 Å². The van der Waals surface area contributed by atoms with Crippen LogP contribution in [0.15, 0.2) is 12.4 Å². The molecule has 1 unspecified atom stereocenters. The molecule has 1 radical (unpaired) electrons. The summed E-state index contributed by atoms with van der Waals surface area (Å²) in [6, 6.07) is 0. The largest absolute Gasteiger partial charge is 0.476 e. The summed E-state index contributed by atoms with van der Waals surface area (Å²) in [6.07, 6.45) is 5.41. The number of hydrogen-bond donors (Lipinski definition) is 1. The quantitative estimate of drug-likeness (QED) is 0.610. The Kier molecular flexibility index (Phi) is 8.01. The van der Waals surface area contributed by atoms with Crippen LogP contribution in [0.2, 0.25) is 0 Å². The molecule has 8 heteroatoms. The molecule has 1 saturated heterocycles. The molecule has 0 saturated carbocycles. The summed E-state index contributed by atoms with van der Waals surface area (Å²) in [5.41, 5.74) is -0.112. The predicted octanol–water partition coefficient (Wildman–Crippen LogP) is 0.716. The van der Waals surface area contributed by atoms with Gasteiger partial charge in [0.15, 0.2) is 12.0 Å². The van der Waals surface area contributed by atoms with Crippen molar-refractivity contribution in [3.05, 3.63) is 18.1 Å². The fourth-order valence-electron chi connectivity index (χ4n) is 1.67. The van der Waals surface area contributed by atoms with Gasteiger partial charge in [-0.2, -0.15) is 0 Å². The maximum atomic E-state index is 10.6. The van der Waals surface area contributed by atoms with Crippen molar-refractivity contribution in [2.24, 2.45) is 0 Å². The molecule has 0 aliphatic carbocycles. The smallest absolute Gasteiger partial charge is 0.356 e. The van der Waals surface area contributed by atoms with Gasteiger partial charge in [0, 0.05) is 36.2 Å². The van der Waals surface area contributed by atoms with Crippen LogP contribution in [0, 0.1) is 0 Å². The molecular weight excluding hydrogens is 275 g/mol. The topological polar surface area (TPSA) is 90.8 Å². The van der Waals surface area contributed by atoms with Crippen molar-refractivity contribution in [3.63, 3.8) is 0 Å². The SMILES string of the molecule is O=C(O)c1cnc(OCCOC2CCCCO2)cn1.[Na]. The Bertz CT molecular complexity index is 409. The van der Waals surface area contributed by atoms with E-state index in [4.69, 9.17) is 19.3 Å². The van der Waals surface area contributed by atoms with E-state index in [9.17, 15) is 4.79 Å². The van der Waals surface area contributed by atoms with E-state index in [1.54, 1.807) is 0 Å². The van der Waals surface area contributed by atoms with Crippen LogP contribution >= 0.6 is 0 Å². The normalized spacial score (nSPS) is 18.1. The zero-order valence-electron chi connectivity index (χ0n) is 11.4. The van der Waals surface area contributed by atoms with Gasteiger partial charge in [-0.15, -0.1) is 0 Å². The van der Waals surface area contributed by atoms with Gasteiger partial charge in [0.05, 0.1) is 19.0 Å². The van der Waals surface area contributed by atoms with Gasteiger partial charge < -0.3 is 19.3 Å². The third kappa shape index (κ3) is 5.72. The Morgan fingerprint density at radius 3 is 2.80 bits per heavy atom. The second-order valence-electron chi connectivity index (χ2n) is 4.06. The second-order valence-corrected chi connectivity index (χ2v) is 4.06.